The largest absolute Gasteiger partial charge is 0.245 e. The fraction of sp³-hybridized carbons (Fsp3) is 0.435. The molecule has 0 atom stereocenters. The summed E-state index contributed by atoms with van der Waals surface area (Å²) in [5.74, 6) is 2.30. The number of rotatable bonds is 11. The normalized spacial score (nSPS) is 11.3. The molecule has 1 heterocycles. The van der Waals surface area contributed by atoms with Crippen molar-refractivity contribution in [2.75, 3.05) is 5.75 Å². The Labute approximate surface area is 162 Å². The highest BCUT2D eigenvalue weighted by Gasteiger charge is 2.15. The van der Waals surface area contributed by atoms with E-state index in [1.165, 1.54) is 60.9 Å². The standard InChI is InChI=1S/C23H31N2S/c1-2-3-4-5-6-12-17-26-20-25-19-24(18-21-13-8-7-9-14-21)22-15-10-11-16-23(22)25/h7-11,13-16,19H,2-6,12,17-18,20H2,1H3/q+1. The maximum Gasteiger partial charge on any atom is 0.245 e. The van der Waals surface area contributed by atoms with Gasteiger partial charge in [0.05, 0.1) is 0 Å². The number of thioether (sulfide) groups is 1. The Kier molecular flexibility index (Phi) is 7.63. The Morgan fingerprint density at radius 1 is 0.846 bits per heavy atom. The molecule has 0 N–H and O–H groups in total. The smallest absolute Gasteiger partial charge is 0.226 e. The first-order valence-electron chi connectivity index (χ1n) is 9.97. The van der Waals surface area contributed by atoms with Crippen molar-refractivity contribution in [2.24, 2.45) is 0 Å². The Morgan fingerprint density at radius 3 is 2.42 bits per heavy atom. The number of imidazole rings is 1. The lowest BCUT2D eigenvalue weighted by molar-refractivity contribution is -0.663. The summed E-state index contributed by atoms with van der Waals surface area (Å²) in [4.78, 5) is 0. The lowest BCUT2D eigenvalue weighted by Crippen LogP contribution is -2.32. The number of para-hydroxylation sites is 2. The summed E-state index contributed by atoms with van der Waals surface area (Å²) in [5.41, 5.74) is 4.00. The van der Waals surface area contributed by atoms with Crippen LogP contribution in [0.3, 0.4) is 0 Å². The first-order valence-corrected chi connectivity index (χ1v) is 11.1. The first kappa shape index (κ1) is 19.0. The van der Waals surface area contributed by atoms with Gasteiger partial charge in [-0.3, -0.25) is 0 Å². The maximum atomic E-state index is 2.40. The third kappa shape index (κ3) is 5.38. The number of unbranched alkanes of at least 4 members (excludes halogenated alkanes) is 5. The average Bonchev–Trinajstić information content (AvgIpc) is 3.02. The predicted octanol–water partition coefficient (Wildman–Crippen LogP) is 6.03. The molecule has 1 aromatic heterocycles. The molecule has 3 aromatic rings. The van der Waals surface area contributed by atoms with Crippen molar-refractivity contribution in [2.45, 2.75) is 57.9 Å². The molecule has 0 aliphatic rings. The molecule has 0 radical (unpaired) electrons. The van der Waals surface area contributed by atoms with Crippen molar-refractivity contribution in [3.63, 3.8) is 0 Å². The van der Waals surface area contributed by atoms with Crippen molar-refractivity contribution in [3.8, 4) is 0 Å². The number of nitrogens with zero attached hydrogens (tertiary/aromatic N) is 2. The Bertz CT molecular complexity index is 779. The molecule has 0 saturated heterocycles. The van der Waals surface area contributed by atoms with E-state index in [9.17, 15) is 0 Å². The van der Waals surface area contributed by atoms with Crippen molar-refractivity contribution in [1.82, 2.24) is 4.57 Å². The molecule has 3 rings (SSSR count). The van der Waals surface area contributed by atoms with Gasteiger partial charge in [-0.25, -0.2) is 9.13 Å². The van der Waals surface area contributed by atoms with E-state index in [4.69, 9.17) is 0 Å². The number of hydrogen-bond acceptors (Lipinski definition) is 1. The summed E-state index contributed by atoms with van der Waals surface area (Å²) < 4.78 is 4.77. The van der Waals surface area contributed by atoms with Crippen molar-refractivity contribution >= 4 is 22.8 Å². The van der Waals surface area contributed by atoms with Gasteiger partial charge in [0.15, 0.2) is 11.0 Å². The van der Waals surface area contributed by atoms with Crippen LogP contribution in [-0.2, 0) is 12.4 Å². The second-order valence-electron chi connectivity index (χ2n) is 6.99. The van der Waals surface area contributed by atoms with Crippen LogP contribution in [0.4, 0.5) is 0 Å². The van der Waals surface area contributed by atoms with Gasteiger partial charge in [0.25, 0.3) is 0 Å². The Balaban J connectivity index is 1.57. The third-order valence-corrected chi connectivity index (χ3v) is 5.89. The fourth-order valence-electron chi connectivity index (χ4n) is 3.40. The Morgan fingerprint density at radius 2 is 1.58 bits per heavy atom. The van der Waals surface area contributed by atoms with E-state index in [0.717, 1.165) is 12.4 Å². The lowest BCUT2D eigenvalue weighted by atomic mass is 10.1. The van der Waals surface area contributed by atoms with E-state index >= 15 is 0 Å². The molecule has 2 aromatic carbocycles. The van der Waals surface area contributed by atoms with E-state index in [1.54, 1.807) is 0 Å². The summed E-state index contributed by atoms with van der Waals surface area (Å²) in [7, 11) is 0. The predicted molar refractivity (Wildman–Crippen MR) is 114 cm³/mol. The van der Waals surface area contributed by atoms with Crippen molar-refractivity contribution < 1.29 is 4.57 Å². The molecular weight excluding hydrogens is 336 g/mol. The van der Waals surface area contributed by atoms with Crippen molar-refractivity contribution in [1.29, 1.82) is 0 Å². The zero-order valence-corrected chi connectivity index (χ0v) is 16.8. The van der Waals surface area contributed by atoms with Gasteiger partial charge in [0.1, 0.15) is 12.4 Å². The third-order valence-electron chi connectivity index (χ3n) is 4.85. The summed E-state index contributed by atoms with van der Waals surface area (Å²) >= 11 is 2.05. The quantitative estimate of drug-likeness (QED) is 0.297. The van der Waals surface area contributed by atoms with Gasteiger partial charge in [0.2, 0.25) is 6.33 Å². The van der Waals surface area contributed by atoms with Crippen LogP contribution in [0.1, 0.15) is 51.0 Å². The summed E-state index contributed by atoms with van der Waals surface area (Å²) in [6.45, 7) is 3.21. The van der Waals surface area contributed by atoms with Crippen LogP contribution < -0.4 is 4.57 Å². The maximum absolute atomic E-state index is 2.40. The molecule has 0 saturated carbocycles. The highest BCUT2D eigenvalue weighted by molar-refractivity contribution is 7.98. The average molecular weight is 368 g/mol. The monoisotopic (exact) mass is 367 g/mol. The fourth-order valence-corrected chi connectivity index (χ4v) is 4.34. The summed E-state index contributed by atoms with van der Waals surface area (Å²) in [5, 5.41) is 0. The summed E-state index contributed by atoms with van der Waals surface area (Å²) in [6, 6.07) is 19.5. The van der Waals surface area contributed by atoms with Gasteiger partial charge in [-0.05, 0) is 29.9 Å². The van der Waals surface area contributed by atoms with Crippen LogP contribution in [0.2, 0.25) is 0 Å². The first-order chi connectivity index (χ1) is 12.9. The van der Waals surface area contributed by atoms with Crippen molar-refractivity contribution in [3.05, 3.63) is 66.5 Å². The van der Waals surface area contributed by atoms with Gasteiger partial charge in [-0.2, -0.15) is 0 Å². The second kappa shape index (κ2) is 10.4. The van der Waals surface area contributed by atoms with Crippen LogP contribution in [-0.4, -0.2) is 10.3 Å². The molecule has 138 valence electrons. The van der Waals surface area contributed by atoms with E-state index < -0.39 is 0 Å². The molecule has 0 aliphatic carbocycles. The van der Waals surface area contributed by atoms with Crippen LogP contribution in [0, 0.1) is 0 Å². The Hall–Kier alpha value is -1.74. The van der Waals surface area contributed by atoms with Gasteiger partial charge in [-0.15, -0.1) is 11.8 Å². The zero-order valence-electron chi connectivity index (χ0n) is 15.9. The van der Waals surface area contributed by atoms with Gasteiger partial charge >= 0.3 is 0 Å². The SMILES string of the molecule is CCCCCCCCSCn1c[n+](Cc2ccccc2)c2ccccc21. The highest BCUT2D eigenvalue weighted by Crippen LogP contribution is 2.17. The van der Waals surface area contributed by atoms with E-state index in [1.807, 2.05) is 0 Å². The molecule has 0 fully saturated rings. The van der Waals surface area contributed by atoms with E-state index in [-0.39, 0.29) is 0 Å². The minimum Gasteiger partial charge on any atom is -0.226 e. The van der Waals surface area contributed by atoms with E-state index in [0.29, 0.717) is 0 Å². The highest BCUT2D eigenvalue weighted by atomic mass is 32.2. The van der Waals surface area contributed by atoms with Gasteiger partial charge in [-0.1, -0.05) is 81.5 Å². The zero-order chi connectivity index (χ0) is 18.0. The molecule has 0 spiro atoms. The second-order valence-corrected chi connectivity index (χ2v) is 8.07. The van der Waals surface area contributed by atoms with Gasteiger partial charge in [0, 0.05) is 0 Å². The van der Waals surface area contributed by atoms with Crippen LogP contribution in [0.25, 0.3) is 11.0 Å². The van der Waals surface area contributed by atoms with Gasteiger partial charge < -0.3 is 0 Å². The minimum atomic E-state index is 0.927. The molecule has 0 unspecified atom stereocenters. The molecule has 3 heteroatoms. The summed E-state index contributed by atoms with van der Waals surface area (Å²) in [6.07, 6.45) is 10.5. The molecule has 2 nitrogen and oxygen atoms in total. The molecule has 26 heavy (non-hydrogen) atoms. The number of hydrogen-bond donors (Lipinski definition) is 0. The molecular formula is C23H31N2S+. The van der Waals surface area contributed by atoms with Crippen LogP contribution >= 0.6 is 11.8 Å². The molecule has 0 amide bonds. The molecule has 0 bridgehead atoms. The number of benzene rings is 2. The molecule has 0 aliphatic heterocycles. The topological polar surface area (TPSA) is 8.81 Å². The minimum absolute atomic E-state index is 0.927. The van der Waals surface area contributed by atoms with Crippen LogP contribution in [0.5, 0.6) is 0 Å². The number of aromatic nitrogens is 2. The van der Waals surface area contributed by atoms with Crippen LogP contribution in [0.15, 0.2) is 60.9 Å². The lowest BCUT2D eigenvalue weighted by Gasteiger charge is -2.01. The number of fused-ring (bicyclic) bond motifs is 1. The van der Waals surface area contributed by atoms with E-state index in [2.05, 4.69) is 88.7 Å².